The van der Waals surface area contributed by atoms with E-state index < -0.39 is 0 Å². The molecule has 0 unspecified atom stereocenters. The summed E-state index contributed by atoms with van der Waals surface area (Å²) in [6.45, 7) is 4.28. The van der Waals surface area contributed by atoms with Crippen molar-refractivity contribution in [3.05, 3.63) is 129 Å². The number of benzene rings is 4. The van der Waals surface area contributed by atoms with Crippen molar-refractivity contribution in [2.75, 3.05) is 14.2 Å². The molecule has 6 rings (SSSR count). The average Bonchev–Trinajstić information content (AvgIpc) is 3.49. The molecular weight excluding hydrogens is 622 g/mol. The number of allylic oxidation sites excluding steroid dienone is 1. The lowest BCUT2D eigenvalue weighted by Gasteiger charge is -2.16. The minimum atomic E-state index is -0.331. The van der Waals surface area contributed by atoms with Crippen molar-refractivity contribution >= 4 is 44.0 Å². The Morgan fingerprint density at radius 3 is 2.52 bits per heavy atom. The maximum atomic E-state index is 13.8. The van der Waals surface area contributed by atoms with Crippen molar-refractivity contribution in [2.45, 2.75) is 13.0 Å². The molecule has 0 aliphatic rings. The number of hydrogen-bond acceptors (Lipinski definition) is 7. The van der Waals surface area contributed by atoms with Gasteiger partial charge in [-0.05, 0) is 72.1 Å². The monoisotopic (exact) mass is 649 g/mol. The Hall–Kier alpha value is -5.15. The molecule has 0 radical (unpaired) electrons. The number of methoxy groups -OCH3 is 2. The van der Waals surface area contributed by atoms with Gasteiger partial charge in [0.2, 0.25) is 5.82 Å². The van der Waals surface area contributed by atoms with E-state index in [4.69, 9.17) is 23.6 Å². The first kappa shape index (κ1) is 28.9. The Morgan fingerprint density at radius 1 is 0.955 bits per heavy atom. The summed E-state index contributed by atoms with van der Waals surface area (Å²) in [7, 11) is 3.19. The maximum absolute atomic E-state index is 13.8. The van der Waals surface area contributed by atoms with E-state index in [-0.39, 0.29) is 11.4 Å². The molecule has 220 valence electrons. The molecule has 0 amide bonds. The van der Waals surface area contributed by atoms with Gasteiger partial charge in [-0.2, -0.15) is 9.78 Å². The van der Waals surface area contributed by atoms with Crippen LogP contribution in [0.25, 0.3) is 33.5 Å². The molecule has 2 heterocycles. The predicted octanol–water partition coefficient (Wildman–Crippen LogP) is 7.78. The summed E-state index contributed by atoms with van der Waals surface area (Å²) < 4.78 is 25.9. The first-order chi connectivity index (χ1) is 21.5. The average molecular weight is 651 g/mol. The van der Waals surface area contributed by atoms with Crippen LogP contribution in [-0.4, -0.2) is 30.1 Å². The molecular formula is C35H28BrN3O5. The van der Waals surface area contributed by atoms with E-state index >= 15 is 0 Å². The number of hydrogen-bond donors (Lipinski definition) is 0. The summed E-state index contributed by atoms with van der Waals surface area (Å²) in [6.07, 6.45) is 3.93. The third kappa shape index (κ3) is 5.74. The van der Waals surface area contributed by atoms with E-state index in [9.17, 15) is 4.79 Å². The third-order valence-electron chi connectivity index (χ3n) is 7.07. The largest absolute Gasteiger partial charge is 0.496 e. The topological polar surface area (TPSA) is 88.1 Å². The SMILES string of the molecule is C=CCc1cc(C=Nn2c(-c3cc4c(OC)cccc4o3)nc3ccccc3c2=O)cc(OC)c1OCc1ccc(Br)cc1. The highest BCUT2D eigenvalue weighted by molar-refractivity contribution is 9.10. The third-order valence-corrected chi connectivity index (χ3v) is 7.60. The van der Waals surface area contributed by atoms with Crippen molar-refractivity contribution < 1.29 is 18.6 Å². The van der Waals surface area contributed by atoms with Gasteiger partial charge in [-0.25, -0.2) is 4.98 Å². The van der Waals surface area contributed by atoms with Crippen molar-refractivity contribution in [1.82, 2.24) is 9.66 Å². The zero-order valence-electron chi connectivity index (χ0n) is 24.1. The summed E-state index contributed by atoms with van der Waals surface area (Å²) in [6, 6.07) is 26.2. The molecule has 0 N–H and O–H groups in total. The summed E-state index contributed by atoms with van der Waals surface area (Å²) in [5, 5.41) is 5.82. The van der Waals surface area contributed by atoms with Gasteiger partial charge in [-0.15, -0.1) is 6.58 Å². The van der Waals surface area contributed by atoms with Crippen LogP contribution >= 0.6 is 15.9 Å². The van der Waals surface area contributed by atoms with Gasteiger partial charge in [0.25, 0.3) is 5.56 Å². The lowest BCUT2D eigenvalue weighted by atomic mass is 10.1. The molecule has 0 fully saturated rings. The number of aromatic nitrogens is 2. The smallest absolute Gasteiger partial charge is 0.282 e. The fourth-order valence-corrected chi connectivity index (χ4v) is 5.22. The van der Waals surface area contributed by atoms with E-state index in [1.807, 2.05) is 60.7 Å². The molecule has 8 nitrogen and oxygen atoms in total. The van der Waals surface area contributed by atoms with Crippen LogP contribution in [-0.2, 0) is 13.0 Å². The summed E-state index contributed by atoms with van der Waals surface area (Å²) >= 11 is 3.46. The first-order valence-corrected chi connectivity index (χ1v) is 14.6. The lowest BCUT2D eigenvalue weighted by Crippen LogP contribution is -2.20. The molecule has 4 aromatic carbocycles. The van der Waals surface area contributed by atoms with Gasteiger partial charge in [0.05, 0.1) is 36.7 Å². The highest BCUT2D eigenvalue weighted by Crippen LogP contribution is 2.35. The Morgan fingerprint density at radius 2 is 1.75 bits per heavy atom. The van der Waals surface area contributed by atoms with E-state index in [0.29, 0.717) is 58.1 Å². The Balaban J connectivity index is 1.43. The Labute approximate surface area is 262 Å². The molecule has 6 aromatic rings. The predicted molar refractivity (Wildman–Crippen MR) is 176 cm³/mol. The Bertz CT molecular complexity index is 2080. The zero-order chi connectivity index (χ0) is 30.6. The second kappa shape index (κ2) is 12.6. The highest BCUT2D eigenvalue weighted by Gasteiger charge is 2.18. The van der Waals surface area contributed by atoms with Gasteiger partial charge < -0.3 is 18.6 Å². The fourth-order valence-electron chi connectivity index (χ4n) is 4.95. The van der Waals surface area contributed by atoms with Crippen molar-refractivity contribution in [2.24, 2.45) is 5.10 Å². The number of rotatable bonds is 10. The van der Waals surface area contributed by atoms with Crippen molar-refractivity contribution in [3.63, 3.8) is 0 Å². The van der Waals surface area contributed by atoms with Crippen LogP contribution in [0.5, 0.6) is 17.2 Å². The van der Waals surface area contributed by atoms with Crippen LogP contribution in [0.4, 0.5) is 0 Å². The molecule has 0 aliphatic heterocycles. The molecule has 0 atom stereocenters. The van der Waals surface area contributed by atoms with Crippen LogP contribution in [0.1, 0.15) is 16.7 Å². The Kier molecular flexibility index (Phi) is 8.29. The normalized spacial score (nSPS) is 11.3. The number of ether oxygens (including phenoxy) is 3. The second-order valence-corrected chi connectivity index (χ2v) is 10.8. The maximum Gasteiger partial charge on any atom is 0.282 e. The molecule has 44 heavy (non-hydrogen) atoms. The number of halogens is 1. The van der Waals surface area contributed by atoms with Gasteiger partial charge in [-0.1, -0.05) is 52.3 Å². The molecule has 0 aliphatic carbocycles. The zero-order valence-corrected chi connectivity index (χ0v) is 25.7. The lowest BCUT2D eigenvalue weighted by molar-refractivity contribution is 0.282. The van der Waals surface area contributed by atoms with Crippen LogP contribution in [0.3, 0.4) is 0 Å². The fraction of sp³-hybridized carbons (Fsp3) is 0.114. The first-order valence-electron chi connectivity index (χ1n) is 13.8. The number of fused-ring (bicyclic) bond motifs is 2. The number of para-hydroxylation sites is 1. The summed E-state index contributed by atoms with van der Waals surface area (Å²) in [5.41, 5.74) is 3.40. The molecule has 0 bridgehead atoms. The second-order valence-electron chi connectivity index (χ2n) is 9.92. The molecule has 0 spiro atoms. The number of furan rings is 1. The van der Waals surface area contributed by atoms with Gasteiger partial charge in [0.1, 0.15) is 17.9 Å². The van der Waals surface area contributed by atoms with Crippen LogP contribution < -0.4 is 19.8 Å². The van der Waals surface area contributed by atoms with Gasteiger partial charge in [0, 0.05) is 10.0 Å². The summed E-state index contributed by atoms with van der Waals surface area (Å²) in [5.74, 6) is 2.45. The standard InChI is InChI=1S/C35H28BrN3O5/c1-4-8-24-17-23(18-31(42-3)33(24)43-21-22-13-15-25(36)16-14-22)20-37-39-34(38-28-10-6-5-9-26(28)35(39)40)32-19-27-29(41-2)11-7-12-30(27)44-32/h4-7,9-20H,1,8,21H2,2-3H3. The van der Waals surface area contributed by atoms with E-state index in [1.54, 1.807) is 50.8 Å². The molecule has 9 heteroatoms. The van der Waals surface area contributed by atoms with Crippen LogP contribution in [0.15, 0.2) is 116 Å². The van der Waals surface area contributed by atoms with Crippen LogP contribution in [0, 0.1) is 0 Å². The van der Waals surface area contributed by atoms with Crippen LogP contribution in [0.2, 0.25) is 0 Å². The van der Waals surface area contributed by atoms with Crippen molar-refractivity contribution in [1.29, 1.82) is 0 Å². The highest BCUT2D eigenvalue weighted by atomic mass is 79.9. The van der Waals surface area contributed by atoms with E-state index in [2.05, 4.69) is 27.6 Å². The summed E-state index contributed by atoms with van der Waals surface area (Å²) in [4.78, 5) is 18.5. The van der Waals surface area contributed by atoms with Gasteiger partial charge in [0.15, 0.2) is 17.3 Å². The van der Waals surface area contributed by atoms with Gasteiger partial charge in [-0.3, -0.25) is 4.79 Å². The van der Waals surface area contributed by atoms with Crippen molar-refractivity contribution in [3.8, 4) is 28.8 Å². The molecule has 0 saturated heterocycles. The molecule has 2 aromatic heterocycles. The minimum Gasteiger partial charge on any atom is -0.496 e. The van der Waals surface area contributed by atoms with E-state index in [0.717, 1.165) is 21.0 Å². The van der Waals surface area contributed by atoms with E-state index in [1.165, 1.54) is 4.68 Å². The molecule has 0 saturated carbocycles. The number of nitrogens with zero attached hydrogens (tertiary/aromatic N) is 3. The quantitative estimate of drug-likeness (QED) is 0.111. The van der Waals surface area contributed by atoms with Gasteiger partial charge >= 0.3 is 0 Å². The minimum absolute atomic E-state index is 0.260.